The standard InChI is InChI=1S/C15H20O2/c1-9-11(14(16)13-5-4-6-17-13)7-10-8-12(9)15(10,2)3/h4-6,10-12,14,16H,1,7-8H2,2-3H3/t10-,11+,12-,14+/m0/s1. The fourth-order valence-electron chi connectivity index (χ4n) is 3.75. The monoisotopic (exact) mass is 232 g/mol. The summed E-state index contributed by atoms with van der Waals surface area (Å²) in [6.45, 7) is 8.89. The summed E-state index contributed by atoms with van der Waals surface area (Å²) in [5.74, 6) is 2.16. The Bertz CT molecular complexity index is 430. The van der Waals surface area contributed by atoms with Crippen LogP contribution in [0.5, 0.6) is 0 Å². The van der Waals surface area contributed by atoms with Crippen LogP contribution in [0.4, 0.5) is 0 Å². The van der Waals surface area contributed by atoms with Gasteiger partial charge in [0.25, 0.3) is 0 Å². The van der Waals surface area contributed by atoms with E-state index in [1.807, 2.05) is 12.1 Å². The molecule has 0 amide bonds. The zero-order chi connectivity index (χ0) is 12.2. The second-order valence-corrected chi connectivity index (χ2v) is 6.18. The average Bonchev–Trinajstić information content (AvgIpc) is 2.81. The van der Waals surface area contributed by atoms with Gasteiger partial charge in [-0.25, -0.2) is 0 Å². The molecule has 3 fully saturated rings. The second-order valence-electron chi connectivity index (χ2n) is 6.18. The number of hydrogen-bond donors (Lipinski definition) is 1. The van der Waals surface area contributed by atoms with E-state index in [1.165, 1.54) is 12.0 Å². The molecule has 2 nitrogen and oxygen atoms in total. The zero-order valence-corrected chi connectivity index (χ0v) is 10.5. The lowest BCUT2D eigenvalue weighted by molar-refractivity contribution is -0.0733. The Labute approximate surface area is 102 Å². The summed E-state index contributed by atoms with van der Waals surface area (Å²) in [6, 6.07) is 3.68. The van der Waals surface area contributed by atoms with Crippen LogP contribution >= 0.6 is 0 Å². The maximum atomic E-state index is 10.4. The molecule has 17 heavy (non-hydrogen) atoms. The van der Waals surface area contributed by atoms with Gasteiger partial charge in [0.1, 0.15) is 11.9 Å². The van der Waals surface area contributed by atoms with Crippen molar-refractivity contribution < 1.29 is 9.52 Å². The topological polar surface area (TPSA) is 33.4 Å². The molecule has 92 valence electrons. The summed E-state index contributed by atoms with van der Waals surface area (Å²) < 4.78 is 5.31. The molecular weight excluding hydrogens is 212 g/mol. The van der Waals surface area contributed by atoms with Crippen molar-refractivity contribution in [3.8, 4) is 0 Å². The van der Waals surface area contributed by atoms with Gasteiger partial charge in [0, 0.05) is 5.92 Å². The molecule has 4 atom stereocenters. The molecule has 2 bridgehead atoms. The smallest absolute Gasteiger partial charge is 0.132 e. The Morgan fingerprint density at radius 2 is 2.24 bits per heavy atom. The van der Waals surface area contributed by atoms with Crippen molar-refractivity contribution in [1.82, 2.24) is 0 Å². The van der Waals surface area contributed by atoms with E-state index in [0.717, 1.165) is 12.3 Å². The summed E-state index contributed by atoms with van der Waals surface area (Å²) in [5, 5.41) is 10.4. The van der Waals surface area contributed by atoms with E-state index in [9.17, 15) is 5.11 Å². The van der Waals surface area contributed by atoms with Crippen LogP contribution in [0.3, 0.4) is 0 Å². The fraction of sp³-hybridized carbons (Fsp3) is 0.600. The lowest BCUT2D eigenvalue weighted by atomic mass is 9.45. The Hall–Kier alpha value is -1.02. The molecule has 1 heterocycles. The van der Waals surface area contributed by atoms with Gasteiger partial charge in [-0.2, -0.15) is 0 Å². The SMILES string of the molecule is C=C1[C@H]([C@@H](O)c2ccco2)C[C@H]2C[C@@H]1C2(C)C. The maximum absolute atomic E-state index is 10.4. The first-order valence-corrected chi connectivity index (χ1v) is 6.42. The molecule has 0 spiro atoms. The molecule has 2 heteroatoms. The second kappa shape index (κ2) is 3.49. The van der Waals surface area contributed by atoms with Crippen LogP contribution in [0.2, 0.25) is 0 Å². The highest BCUT2D eigenvalue weighted by atomic mass is 16.4. The molecule has 0 saturated heterocycles. The normalized spacial score (nSPS) is 36.4. The van der Waals surface area contributed by atoms with E-state index in [0.29, 0.717) is 17.1 Å². The van der Waals surface area contributed by atoms with Crippen LogP contribution in [0.1, 0.15) is 38.6 Å². The van der Waals surface area contributed by atoms with Crippen molar-refractivity contribution in [1.29, 1.82) is 0 Å². The third-order valence-electron chi connectivity index (χ3n) is 5.15. The summed E-state index contributed by atoms with van der Waals surface area (Å²) in [6.07, 6.45) is 3.41. The van der Waals surface area contributed by atoms with Crippen LogP contribution in [0.15, 0.2) is 35.0 Å². The first-order valence-electron chi connectivity index (χ1n) is 6.42. The van der Waals surface area contributed by atoms with Crippen LogP contribution < -0.4 is 0 Å². The summed E-state index contributed by atoms with van der Waals surface area (Å²) in [7, 11) is 0. The minimum atomic E-state index is -0.515. The highest BCUT2D eigenvalue weighted by Gasteiger charge is 2.55. The predicted octanol–water partition coefficient (Wildman–Crippen LogP) is 3.55. The lowest BCUT2D eigenvalue weighted by Crippen LogP contribution is -2.52. The molecule has 0 aliphatic heterocycles. The minimum absolute atomic E-state index is 0.179. The van der Waals surface area contributed by atoms with E-state index in [4.69, 9.17) is 4.42 Å². The van der Waals surface area contributed by atoms with Gasteiger partial charge < -0.3 is 9.52 Å². The maximum Gasteiger partial charge on any atom is 0.132 e. The summed E-state index contributed by atoms with van der Waals surface area (Å²) >= 11 is 0. The molecule has 1 aromatic heterocycles. The number of fused-ring (bicyclic) bond motifs is 2. The molecule has 1 aromatic rings. The minimum Gasteiger partial charge on any atom is -0.467 e. The van der Waals surface area contributed by atoms with E-state index in [1.54, 1.807) is 6.26 Å². The van der Waals surface area contributed by atoms with Crippen LogP contribution in [0, 0.1) is 23.2 Å². The Balaban J connectivity index is 1.81. The molecule has 4 rings (SSSR count). The molecular formula is C15H20O2. The number of aliphatic hydroxyl groups excluding tert-OH is 1. The quantitative estimate of drug-likeness (QED) is 0.791. The molecule has 3 saturated carbocycles. The van der Waals surface area contributed by atoms with E-state index in [-0.39, 0.29) is 5.92 Å². The molecule has 3 aliphatic carbocycles. The largest absolute Gasteiger partial charge is 0.467 e. The number of furan rings is 1. The average molecular weight is 232 g/mol. The number of rotatable bonds is 2. The first kappa shape index (κ1) is 11.1. The summed E-state index contributed by atoms with van der Waals surface area (Å²) in [4.78, 5) is 0. The lowest BCUT2D eigenvalue weighted by Gasteiger charge is -2.60. The van der Waals surface area contributed by atoms with Crippen molar-refractivity contribution >= 4 is 0 Å². The molecule has 1 N–H and O–H groups in total. The van der Waals surface area contributed by atoms with Gasteiger partial charge in [-0.15, -0.1) is 0 Å². The number of aliphatic hydroxyl groups is 1. The molecule has 3 aliphatic rings. The Kier molecular flexibility index (Phi) is 2.27. The fourth-order valence-corrected chi connectivity index (χ4v) is 3.75. The highest BCUT2D eigenvalue weighted by Crippen LogP contribution is 2.64. The van der Waals surface area contributed by atoms with E-state index in [2.05, 4.69) is 20.4 Å². The van der Waals surface area contributed by atoms with Crippen LogP contribution in [0.25, 0.3) is 0 Å². The van der Waals surface area contributed by atoms with Gasteiger partial charge in [-0.3, -0.25) is 0 Å². The van der Waals surface area contributed by atoms with Crippen molar-refractivity contribution in [2.75, 3.05) is 0 Å². The Morgan fingerprint density at radius 1 is 1.47 bits per heavy atom. The van der Waals surface area contributed by atoms with Gasteiger partial charge in [0.05, 0.1) is 6.26 Å². The van der Waals surface area contributed by atoms with E-state index >= 15 is 0 Å². The van der Waals surface area contributed by atoms with Crippen LogP contribution in [-0.4, -0.2) is 5.11 Å². The third-order valence-corrected chi connectivity index (χ3v) is 5.15. The molecule has 0 unspecified atom stereocenters. The first-order chi connectivity index (χ1) is 8.01. The van der Waals surface area contributed by atoms with Crippen molar-refractivity contribution in [2.45, 2.75) is 32.8 Å². The van der Waals surface area contributed by atoms with Crippen molar-refractivity contribution in [3.63, 3.8) is 0 Å². The van der Waals surface area contributed by atoms with Gasteiger partial charge >= 0.3 is 0 Å². The summed E-state index contributed by atoms with van der Waals surface area (Å²) in [5.41, 5.74) is 1.61. The van der Waals surface area contributed by atoms with Gasteiger partial charge in [0.2, 0.25) is 0 Å². The molecule has 0 radical (unpaired) electrons. The Morgan fingerprint density at radius 3 is 2.76 bits per heavy atom. The van der Waals surface area contributed by atoms with Crippen LogP contribution in [-0.2, 0) is 0 Å². The third kappa shape index (κ3) is 1.43. The zero-order valence-electron chi connectivity index (χ0n) is 10.5. The predicted molar refractivity (Wildman–Crippen MR) is 66.3 cm³/mol. The van der Waals surface area contributed by atoms with Gasteiger partial charge in [-0.05, 0) is 42.2 Å². The highest BCUT2D eigenvalue weighted by molar-refractivity contribution is 5.25. The van der Waals surface area contributed by atoms with Gasteiger partial charge in [0.15, 0.2) is 0 Å². The van der Waals surface area contributed by atoms with Gasteiger partial charge in [-0.1, -0.05) is 26.0 Å². The van der Waals surface area contributed by atoms with Crippen molar-refractivity contribution in [2.24, 2.45) is 23.2 Å². The van der Waals surface area contributed by atoms with E-state index < -0.39 is 6.10 Å². The molecule has 0 aromatic carbocycles. The number of hydrogen-bond acceptors (Lipinski definition) is 2. The van der Waals surface area contributed by atoms with Crippen molar-refractivity contribution in [3.05, 3.63) is 36.3 Å².